The largest absolute Gasteiger partial charge is 0.665 e. The van der Waals surface area contributed by atoms with Gasteiger partial charge in [0.1, 0.15) is 5.75 Å². The van der Waals surface area contributed by atoms with Crippen LogP contribution in [0.1, 0.15) is 69.3 Å². The molecule has 0 saturated heterocycles. The molecule has 1 N–H and O–H groups in total. The van der Waals surface area contributed by atoms with Crippen molar-refractivity contribution in [2.45, 2.75) is 77.2 Å². The Hall–Kier alpha value is -3.68. The summed E-state index contributed by atoms with van der Waals surface area (Å²) in [4.78, 5) is 4.11. The van der Waals surface area contributed by atoms with E-state index in [9.17, 15) is 5.11 Å². The molecule has 4 saturated carbocycles. The third kappa shape index (κ3) is 8.48. The van der Waals surface area contributed by atoms with Gasteiger partial charge in [-0.3, -0.25) is 0 Å². The number of nitrogens with zero attached hydrogens (tertiary/aromatic N) is 2. The molecule has 0 unspecified atom stereocenters. The Labute approximate surface area is 295 Å². The number of benzene rings is 4. The van der Waals surface area contributed by atoms with Gasteiger partial charge in [-0.25, -0.2) is 0 Å². The fourth-order valence-corrected chi connectivity index (χ4v) is 10.4. The maximum atomic E-state index is 10.5. The molecule has 0 aliphatic heterocycles. The smallest absolute Gasteiger partial charge is 0.131 e. The number of para-hydroxylation sites is 1. The minimum atomic E-state index is -0.353. The number of phenols is 1. The van der Waals surface area contributed by atoms with Crippen LogP contribution in [-0.2, 0) is 23.3 Å². The van der Waals surface area contributed by atoms with Gasteiger partial charge in [-0.15, -0.1) is 0 Å². The Kier molecular flexibility index (Phi) is 10.9. The van der Waals surface area contributed by atoms with Crippen molar-refractivity contribution in [3.05, 3.63) is 138 Å². The molecule has 0 atom stereocenters. The van der Waals surface area contributed by atoms with Gasteiger partial charge in [0, 0.05) is 11.1 Å². The standard InChI is InChI=1S/C18H14O.C10H15N.C10H12.C6H8N.Mo/c19-18-16(14-8-3-1-4-9-14)12-7-13-17(18)15-10-5-2-6-11-15;11-10-4-7-1-8(5-10)3-9(2-7)6-10;1-10(2,3)9-7-5-4-6-8-9;1-5-3-4-6(2)7-5;/h1-13,19H;7-9H,1-6H2;1,4-8H,2-3H3;3-4H,1-2H3;/q;;;-1;. The van der Waals surface area contributed by atoms with Gasteiger partial charge in [0.15, 0.2) is 0 Å². The van der Waals surface area contributed by atoms with Gasteiger partial charge in [-0.05, 0) is 11.1 Å². The van der Waals surface area contributed by atoms with Gasteiger partial charge < -0.3 is 10.1 Å². The summed E-state index contributed by atoms with van der Waals surface area (Å²) in [6.45, 7) is 8.69. The summed E-state index contributed by atoms with van der Waals surface area (Å²) in [5.74, 6) is 3.39. The van der Waals surface area contributed by atoms with Crippen molar-refractivity contribution >= 4 is 4.40 Å². The van der Waals surface area contributed by atoms with E-state index in [0.29, 0.717) is 11.3 Å². The molecule has 48 heavy (non-hydrogen) atoms. The Morgan fingerprint density at radius 2 is 1.08 bits per heavy atom. The number of phenolic OH excluding ortho intramolecular Hbond substituents is 1. The minimum absolute atomic E-state index is 0.176. The maximum absolute atomic E-state index is 10.5. The zero-order valence-electron chi connectivity index (χ0n) is 28.8. The Morgan fingerprint density at radius 3 is 1.50 bits per heavy atom. The van der Waals surface area contributed by atoms with E-state index in [1.165, 1.54) is 44.1 Å². The first-order valence-corrected chi connectivity index (χ1v) is 19.5. The van der Waals surface area contributed by atoms with Crippen LogP contribution in [0.2, 0.25) is 0 Å². The molecule has 0 spiro atoms. The van der Waals surface area contributed by atoms with Crippen LogP contribution in [0, 0.1) is 31.6 Å². The average Bonchev–Trinajstić information content (AvgIpc) is 3.47. The number of hydrogen-bond acceptors (Lipinski definition) is 2. The molecule has 4 aliphatic rings. The molecule has 5 aromatic rings. The van der Waals surface area contributed by atoms with E-state index in [-0.39, 0.29) is 23.3 Å². The van der Waals surface area contributed by atoms with Crippen LogP contribution in [0.15, 0.2) is 125 Å². The molecule has 4 heteroatoms. The topological polar surface area (TPSA) is 46.7 Å². The zero-order valence-corrected chi connectivity index (χ0v) is 30.9. The van der Waals surface area contributed by atoms with Crippen molar-refractivity contribution in [3.63, 3.8) is 0 Å². The molecule has 4 fully saturated rings. The first-order chi connectivity index (χ1) is 23.2. The fourth-order valence-electron chi connectivity index (χ4n) is 8.22. The number of rotatable bonds is 5. The predicted molar refractivity (Wildman–Crippen MR) is 197 cm³/mol. The van der Waals surface area contributed by atoms with Crippen LogP contribution in [0.4, 0.5) is 0 Å². The van der Waals surface area contributed by atoms with E-state index in [2.05, 4.69) is 53.6 Å². The molecule has 4 bridgehead atoms. The first-order valence-electron chi connectivity index (χ1n) is 17.5. The van der Waals surface area contributed by atoms with E-state index >= 15 is 0 Å². The second kappa shape index (κ2) is 15.3. The van der Waals surface area contributed by atoms with Crippen molar-refractivity contribution in [1.29, 1.82) is 0 Å². The summed E-state index contributed by atoms with van der Waals surface area (Å²) in [6, 6.07) is 40.7. The van der Waals surface area contributed by atoms with Gasteiger partial charge in [-0.1, -0.05) is 105 Å². The third-order valence-corrected chi connectivity index (χ3v) is 13.2. The summed E-state index contributed by atoms with van der Waals surface area (Å²) in [6.07, 6.45) is 8.83. The molecule has 4 aliphatic carbocycles. The fraction of sp³-hybridized carbons (Fsp3) is 0.341. The summed E-state index contributed by atoms with van der Waals surface area (Å²) >= 11 is -0.353. The zero-order chi connectivity index (χ0) is 33.6. The molecule has 9 rings (SSSR count). The van der Waals surface area contributed by atoms with Gasteiger partial charge in [-0.2, -0.15) is 11.4 Å². The molecule has 1 heterocycles. The molecule has 0 radical (unpaired) electrons. The SMILES string of the molecule is CC(C)([CH]=[Mo]=[N]C12CC3CC(CC(C3)C1)C2)c1ccccc1.Cc1ccc(C)[n-]1.Oc1c(-c2ccccc2)cccc1-c1ccccc1. The van der Waals surface area contributed by atoms with E-state index in [4.69, 9.17) is 3.50 Å². The minimum Gasteiger partial charge on any atom is -0.665 e. The number of aromatic hydroxyl groups is 1. The van der Waals surface area contributed by atoms with Crippen LogP contribution in [0.5, 0.6) is 5.75 Å². The summed E-state index contributed by atoms with van der Waals surface area (Å²) < 4.78 is 7.96. The van der Waals surface area contributed by atoms with Crippen molar-refractivity contribution in [3.8, 4) is 28.0 Å². The molecule has 4 aromatic carbocycles. The van der Waals surface area contributed by atoms with Crippen molar-refractivity contribution in [1.82, 2.24) is 4.98 Å². The van der Waals surface area contributed by atoms with Crippen LogP contribution >= 0.6 is 0 Å². The van der Waals surface area contributed by atoms with Gasteiger partial charge in [0.25, 0.3) is 0 Å². The second-order valence-corrected chi connectivity index (χ2v) is 16.3. The molecule has 3 nitrogen and oxygen atoms in total. The number of aromatic nitrogens is 1. The summed E-state index contributed by atoms with van der Waals surface area (Å²) in [5, 5.41) is 10.5. The Balaban J connectivity index is 0.000000141. The molecule has 248 valence electrons. The maximum Gasteiger partial charge on any atom is 0.131 e. The van der Waals surface area contributed by atoms with Crippen molar-refractivity contribution in [2.75, 3.05) is 0 Å². The van der Waals surface area contributed by atoms with Crippen LogP contribution in [-0.4, -0.2) is 15.0 Å². The summed E-state index contributed by atoms with van der Waals surface area (Å²) in [7, 11) is 0. The molecule has 1 aromatic heterocycles. The van der Waals surface area contributed by atoms with E-state index in [1.807, 2.05) is 105 Å². The first kappa shape index (κ1) is 34.2. The van der Waals surface area contributed by atoms with Crippen molar-refractivity contribution in [2.24, 2.45) is 21.2 Å². The van der Waals surface area contributed by atoms with Crippen molar-refractivity contribution < 1.29 is 23.0 Å². The number of hydrogen-bond donors (Lipinski definition) is 1. The predicted octanol–water partition coefficient (Wildman–Crippen LogP) is 11.0. The van der Waals surface area contributed by atoms with Crippen LogP contribution in [0.25, 0.3) is 22.3 Å². The number of aryl methyl sites for hydroxylation is 2. The molecular formula is C44H49MoN2O-. The van der Waals surface area contributed by atoms with E-state index in [1.54, 1.807) is 0 Å². The van der Waals surface area contributed by atoms with Gasteiger partial charge >= 0.3 is 143 Å². The van der Waals surface area contributed by atoms with Crippen LogP contribution in [0.3, 0.4) is 0 Å². The van der Waals surface area contributed by atoms with Crippen LogP contribution < -0.4 is 4.98 Å². The Bertz CT molecular complexity index is 1730. The average molecular weight is 718 g/mol. The quantitative estimate of drug-likeness (QED) is 0.184. The normalized spacial score (nSPS) is 22.0. The van der Waals surface area contributed by atoms with Gasteiger partial charge in [0.05, 0.1) is 0 Å². The molecule has 0 amide bonds. The molecular weight excluding hydrogens is 668 g/mol. The monoisotopic (exact) mass is 719 g/mol. The third-order valence-electron chi connectivity index (χ3n) is 10.2. The van der Waals surface area contributed by atoms with E-state index < -0.39 is 0 Å². The summed E-state index contributed by atoms with van der Waals surface area (Å²) in [5.41, 5.74) is 8.02. The Morgan fingerprint density at radius 1 is 0.646 bits per heavy atom. The van der Waals surface area contributed by atoms with Gasteiger partial charge in [0.2, 0.25) is 0 Å². The second-order valence-electron chi connectivity index (χ2n) is 14.7. The van der Waals surface area contributed by atoms with E-state index in [0.717, 1.165) is 51.4 Å².